The summed E-state index contributed by atoms with van der Waals surface area (Å²) >= 11 is 3.36. The molecule has 6 heteroatoms. The van der Waals surface area contributed by atoms with Gasteiger partial charge in [0.25, 0.3) is 5.69 Å². The van der Waals surface area contributed by atoms with Crippen molar-refractivity contribution in [3.8, 4) is 11.1 Å². The molecule has 0 fully saturated rings. The van der Waals surface area contributed by atoms with E-state index in [9.17, 15) is 14.5 Å². The van der Waals surface area contributed by atoms with Gasteiger partial charge in [0.05, 0.1) is 17.0 Å². The van der Waals surface area contributed by atoms with E-state index in [1.165, 1.54) is 18.2 Å². The molecule has 0 amide bonds. The number of nitro groups is 1. The van der Waals surface area contributed by atoms with Crippen molar-refractivity contribution in [2.24, 2.45) is 0 Å². The van der Waals surface area contributed by atoms with Crippen molar-refractivity contribution in [2.45, 2.75) is 13.5 Å². The molecule has 2 aromatic carbocycles. The molecule has 0 aliphatic carbocycles. The minimum atomic E-state index is -0.374. The lowest BCUT2D eigenvalue weighted by atomic mass is 10.1. The average Bonchev–Trinajstić information content (AvgIpc) is 2.89. The first-order chi connectivity index (χ1) is 11.4. The monoisotopic (exact) mass is 388 g/mol. The summed E-state index contributed by atoms with van der Waals surface area (Å²) in [6, 6.07) is 13.2. The van der Waals surface area contributed by atoms with Crippen molar-refractivity contribution in [1.82, 2.24) is 4.57 Å². The second-order valence-electron chi connectivity index (χ2n) is 5.54. The summed E-state index contributed by atoms with van der Waals surface area (Å²) in [4.78, 5) is 10.8. The zero-order valence-electron chi connectivity index (χ0n) is 12.9. The highest BCUT2D eigenvalue weighted by Crippen LogP contribution is 2.27. The van der Waals surface area contributed by atoms with Gasteiger partial charge >= 0.3 is 0 Å². The Morgan fingerprint density at radius 1 is 1.12 bits per heavy atom. The first-order valence-corrected chi connectivity index (χ1v) is 8.09. The van der Waals surface area contributed by atoms with Crippen LogP contribution in [-0.2, 0) is 6.54 Å². The topological polar surface area (TPSA) is 48.1 Å². The molecule has 24 heavy (non-hydrogen) atoms. The number of hydrogen-bond acceptors (Lipinski definition) is 2. The van der Waals surface area contributed by atoms with E-state index < -0.39 is 0 Å². The number of aryl methyl sites for hydroxylation is 1. The molecular weight excluding hydrogens is 375 g/mol. The average molecular weight is 389 g/mol. The smallest absolute Gasteiger partial charge is 0.274 e. The molecular formula is C18H14BrFN2O2. The van der Waals surface area contributed by atoms with E-state index in [-0.39, 0.29) is 16.4 Å². The SMILES string of the molecule is Cc1cc(-c2ccc(F)cc2)cn1Cc1cc(Br)ccc1[N+](=O)[O-]. The van der Waals surface area contributed by atoms with Crippen LogP contribution in [0.25, 0.3) is 11.1 Å². The molecule has 1 aromatic heterocycles. The fourth-order valence-electron chi connectivity index (χ4n) is 2.63. The van der Waals surface area contributed by atoms with Crippen LogP contribution in [0, 0.1) is 22.9 Å². The van der Waals surface area contributed by atoms with E-state index in [4.69, 9.17) is 0 Å². The molecule has 122 valence electrons. The van der Waals surface area contributed by atoms with Gasteiger partial charge in [-0.15, -0.1) is 0 Å². The summed E-state index contributed by atoms with van der Waals surface area (Å²) < 4.78 is 15.8. The van der Waals surface area contributed by atoms with Gasteiger partial charge in [0, 0.05) is 22.4 Å². The number of halogens is 2. The first-order valence-electron chi connectivity index (χ1n) is 7.29. The number of rotatable bonds is 4. The van der Waals surface area contributed by atoms with E-state index in [1.807, 2.05) is 23.8 Å². The molecule has 0 saturated carbocycles. The van der Waals surface area contributed by atoms with Gasteiger partial charge in [-0.2, -0.15) is 0 Å². The van der Waals surface area contributed by atoms with E-state index in [0.717, 1.165) is 21.3 Å². The summed E-state index contributed by atoms with van der Waals surface area (Å²) in [5.74, 6) is -0.278. The Bertz CT molecular complexity index is 904. The van der Waals surface area contributed by atoms with Crippen LogP contribution in [0.15, 0.2) is 59.2 Å². The lowest BCUT2D eigenvalue weighted by Gasteiger charge is -2.07. The fraction of sp³-hybridized carbons (Fsp3) is 0.111. The lowest BCUT2D eigenvalue weighted by Crippen LogP contribution is -2.03. The van der Waals surface area contributed by atoms with Crippen LogP contribution in [0.1, 0.15) is 11.3 Å². The van der Waals surface area contributed by atoms with E-state index in [0.29, 0.717) is 12.1 Å². The quantitative estimate of drug-likeness (QED) is 0.448. The number of nitro benzene ring substituents is 1. The molecule has 4 nitrogen and oxygen atoms in total. The van der Waals surface area contributed by atoms with Gasteiger partial charge in [-0.1, -0.05) is 28.1 Å². The number of aromatic nitrogens is 1. The van der Waals surface area contributed by atoms with E-state index in [2.05, 4.69) is 15.9 Å². The Morgan fingerprint density at radius 2 is 1.83 bits per heavy atom. The van der Waals surface area contributed by atoms with Crippen LogP contribution in [0.5, 0.6) is 0 Å². The minimum Gasteiger partial charge on any atom is -0.346 e. The maximum absolute atomic E-state index is 13.1. The molecule has 3 rings (SSSR count). The third-order valence-electron chi connectivity index (χ3n) is 3.87. The summed E-state index contributed by atoms with van der Waals surface area (Å²) in [7, 11) is 0. The normalized spacial score (nSPS) is 10.8. The summed E-state index contributed by atoms with van der Waals surface area (Å²) in [6.45, 7) is 2.33. The van der Waals surface area contributed by atoms with Crippen LogP contribution in [0.3, 0.4) is 0 Å². The molecule has 0 aliphatic rings. The molecule has 0 N–H and O–H groups in total. The van der Waals surface area contributed by atoms with Crippen molar-refractivity contribution in [1.29, 1.82) is 0 Å². The van der Waals surface area contributed by atoms with Crippen LogP contribution in [-0.4, -0.2) is 9.49 Å². The van der Waals surface area contributed by atoms with Crippen LogP contribution in [0.2, 0.25) is 0 Å². The van der Waals surface area contributed by atoms with Gasteiger partial charge < -0.3 is 4.57 Å². The maximum atomic E-state index is 13.1. The standard InChI is InChI=1S/C18H14BrFN2O2/c1-12-8-14(13-2-5-17(20)6-3-13)10-21(12)11-15-9-16(19)4-7-18(15)22(23)24/h2-10H,11H2,1H3. The number of hydrogen-bond donors (Lipinski definition) is 0. The Labute approximate surface area is 146 Å². The highest BCUT2D eigenvalue weighted by atomic mass is 79.9. The lowest BCUT2D eigenvalue weighted by molar-refractivity contribution is -0.385. The highest BCUT2D eigenvalue weighted by Gasteiger charge is 2.15. The van der Waals surface area contributed by atoms with Crippen molar-refractivity contribution >= 4 is 21.6 Å². The Balaban J connectivity index is 1.96. The molecule has 0 spiro atoms. The van der Waals surface area contributed by atoms with Gasteiger partial charge in [0.15, 0.2) is 0 Å². The largest absolute Gasteiger partial charge is 0.346 e. The molecule has 0 radical (unpaired) electrons. The first kappa shape index (κ1) is 16.4. The van der Waals surface area contributed by atoms with Gasteiger partial charge in [-0.3, -0.25) is 10.1 Å². The molecule has 0 aliphatic heterocycles. The third-order valence-corrected chi connectivity index (χ3v) is 4.36. The summed E-state index contributed by atoms with van der Waals surface area (Å²) in [6.07, 6.45) is 1.92. The number of benzene rings is 2. The van der Waals surface area contributed by atoms with Gasteiger partial charge in [-0.05, 0) is 48.4 Å². The molecule has 0 unspecified atom stereocenters. The van der Waals surface area contributed by atoms with Gasteiger partial charge in [0.2, 0.25) is 0 Å². The molecule has 0 atom stereocenters. The van der Waals surface area contributed by atoms with Crippen LogP contribution < -0.4 is 0 Å². The zero-order valence-corrected chi connectivity index (χ0v) is 14.5. The molecule has 1 heterocycles. The predicted octanol–water partition coefficient (Wildman–Crippen LogP) is 5.32. The second kappa shape index (κ2) is 6.57. The third kappa shape index (κ3) is 3.38. The summed E-state index contributed by atoms with van der Waals surface area (Å²) in [5, 5.41) is 11.2. The van der Waals surface area contributed by atoms with Gasteiger partial charge in [-0.25, -0.2) is 4.39 Å². The van der Waals surface area contributed by atoms with Crippen molar-refractivity contribution < 1.29 is 9.31 Å². The van der Waals surface area contributed by atoms with Crippen LogP contribution in [0.4, 0.5) is 10.1 Å². The Hall–Kier alpha value is -2.47. The van der Waals surface area contributed by atoms with Crippen molar-refractivity contribution in [3.05, 3.63) is 86.4 Å². The van der Waals surface area contributed by atoms with E-state index in [1.54, 1.807) is 24.3 Å². The molecule has 0 bridgehead atoms. The van der Waals surface area contributed by atoms with Gasteiger partial charge in [0.1, 0.15) is 5.82 Å². The van der Waals surface area contributed by atoms with Crippen molar-refractivity contribution in [2.75, 3.05) is 0 Å². The summed E-state index contributed by atoms with van der Waals surface area (Å²) in [5.41, 5.74) is 3.55. The maximum Gasteiger partial charge on any atom is 0.274 e. The second-order valence-corrected chi connectivity index (χ2v) is 6.45. The zero-order chi connectivity index (χ0) is 17.3. The minimum absolute atomic E-state index is 0.0923. The number of nitrogens with zero attached hydrogens (tertiary/aromatic N) is 2. The molecule has 3 aromatic rings. The van der Waals surface area contributed by atoms with Crippen molar-refractivity contribution in [3.63, 3.8) is 0 Å². The fourth-order valence-corrected chi connectivity index (χ4v) is 3.04. The predicted molar refractivity (Wildman–Crippen MR) is 94.5 cm³/mol. The Kier molecular flexibility index (Phi) is 4.49. The molecule has 0 saturated heterocycles. The Morgan fingerprint density at radius 3 is 2.50 bits per heavy atom. The highest BCUT2D eigenvalue weighted by molar-refractivity contribution is 9.10. The van der Waals surface area contributed by atoms with Crippen LogP contribution >= 0.6 is 15.9 Å². The van der Waals surface area contributed by atoms with E-state index >= 15 is 0 Å².